The zero-order chi connectivity index (χ0) is 12.5. The van der Waals surface area contributed by atoms with Crippen LogP contribution in [0.5, 0.6) is 0 Å². The maximum Gasteiger partial charge on any atom is 0.228 e. The van der Waals surface area contributed by atoms with Crippen LogP contribution in [0.3, 0.4) is 0 Å². The van der Waals surface area contributed by atoms with Crippen molar-refractivity contribution in [1.82, 2.24) is 15.0 Å². The Morgan fingerprint density at radius 1 is 0.882 bits per heavy atom. The quantitative estimate of drug-likeness (QED) is 0.701. The molecule has 2 N–H and O–H groups in total. The Morgan fingerprint density at radius 2 is 1.35 bits per heavy atom. The Morgan fingerprint density at radius 3 is 1.76 bits per heavy atom. The molecule has 6 heteroatoms. The van der Waals surface area contributed by atoms with Crippen molar-refractivity contribution < 1.29 is 0 Å². The van der Waals surface area contributed by atoms with E-state index >= 15 is 0 Å². The van der Waals surface area contributed by atoms with Crippen LogP contribution in [0.2, 0.25) is 5.28 Å². The first-order valence-electron chi connectivity index (χ1n) is 6.15. The Bertz CT molecular complexity index is 303. The summed E-state index contributed by atoms with van der Waals surface area (Å²) in [6, 6.07) is 0. The molecule has 1 heterocycles. The highest BCUT2D eigenvalue weighted by molar-refractivity contribution is 6.28. The van der Waals surface area contributed by atoms with Crippen molar-refractivity contribution in [2.24, 2.45) is 0 Å². The molecule has 1 rings (SSSR count). The Labute approximate surface area is 107 Å². The van der Waals surface area contributed by atoms with Gasteiger partial charge in [-0.3, -0.25) is 0 Å². The largest absolute Gasteiger partial charge is 0.354 e. The fourth-order valence-electron chi connectivity index (χ4n) is 1.26. The third-order valence-corrected chi connectivity index (χ3v) is 2.40. The van der Waals surface area contributed by atoms with Gasteiger partial charge in [0, 0.05) is 13.1 Å². The summed E-state index contributed by atoms with van der Waals surface area (Å²) in [7, 11) is 0. The number of rotatable bonds is 8. The molecule has 1 aromatic rings. The van der Waals surface area contributed by atoms with E-state index in [9.17, 15) is 0 Å². The third kappa shape index (κ3) is 5.68. The second-order valence-corrected chi connectivity index (χ2v) is 4.15. The van der Waals surface area contributed by atoms with Crippen LogP contribution in [-0.4, -0.2) is 28.0 Å². The lowest BCUT2D eigenvalue weighted by Crippen LogP contribution is -2.10. The molecule has 0 saturated heterocycles. The number of aromatic nitrogens is 3. The number of nitrogens with zero attached hydrogens (tertiary/aromatic N) is 3. The minimum absolute atomic E-state index is 0.220. The fourth-order valence-corrected chi connectivity index (χ4v) is 1.42. The van der Waals surface area contributed by atoms with Gasteiger partial charge in [-0.15, -0.1) is 0 Å². The molecule has 0 atom stereocenters. The topological polar surface area (TPSA) is 62.7 Å². The molecular formula is C11H20ClN5. The standard InChI is InChI=1S/C11H20ClN5/c1-3-5-7-13-10-15-9(12)16-11(17-10)14-8-6-4-2/h3-8H2,1-2H3,(H2,13,14,15,16,17). The van der Waals surface area contributed by atoms with E-state index in [0.29, 0.717) is 11.9 Å². The molecule has 5 nitrogen and oxygen atoms in total. The number of anilines is 2. The molecule has 0 radical (unpaired) electrons. The molecule has 0 bridgehead atoms. The summed E-state index contributed by atoms with van der Waals surface area (Å²) in [5.74, 6) is 1.08. The van der Waals surface area contributed by atoms with E-state index in [2.05, 4.69) is 39.4 Å². The lowest BCUT2D eigenvalue weighted by atomic mass is 10.3. The smallest absolute Gasteiger partial charge is 0.228 e. The van der Waals surface area contributed by atoms with E-state index in [1.165, 1.54) is 0 Å². The summed E-state index contributed by atoms with van der Waals surface area (Å²) in [6.45, 7) is 5.98. The normalized spacial score (nSPS) is 10.3. The van der Waals surface area contributed by atoms with Crippen LogP contribution >= 0.6 is 11.6 Å². The molecule has 0 aromatic carbocycles. The van der Waals surface area contributed by atoms with Crippen molar-refractivity contribution in [2.45, 2.75) is 39.5 Å². The van der Waals surface area contributed by atoms with E-state index in [0.717, 1.165) is 38.8 Å². The van der Waals surface area contributed by atoms with Crippen LogP contribution in [0.4, 0.5) is 11.9 Å². The lowest BCUT2D eigenvalue weighted by molar-refractivity contribution is 0.815. The second-order valence-electron chi connectivity index (χ2n) is 3.81. The van der Waals surface area contributed by atoms with Gasteiger partial charge in [0.25, 0.3) is 0 Å². The fraction of sp³-hybridized carbons (Fsp3) is 0.727. The maximum atomic E-state index is 5.83. The van der Waals surface area contributed by atoms with Crippen molar-refractivity contribution in [1.29, 1.82) is 0 Å². The molecule has 0 unspecified atom stereocenters. The molecule has 0 aliphatic rings. The Balaban J connectivity index is 2.53. The van der Waals surface area contributed by atoms with Gasteiger partial charge in [0.1, 0.15) is 0 Å². The Kier molecular flexibility index (Phi) is 6.62. The summed E-state index contributed by atoms with van der Waals surface area (Å²) >= 11 is 5.83. The molecule has 0 spiro atoms. The van der Waals surface area contributed by atoms with Gasteiger partial charge in [0.05, 0.1) is 0 Å². The van der Waals surface area contributed by atoms with Crippen LogP contribution < -0.4 is 10.6 Å². The molecule has 0 saturated carbocycles. The predicted octanol–water partition coefficient (Wildman–Crippen LogP) is 2.95. The van der Waals surface area contributed by atoms with Crippen LogP contribution in [0.25, 0.3) is 0 Å². The highest BCUT2D eigenvalue weighted by Crippen LogP contribution is 2.09. The molecule has 17 heavy (non-hydrogen) atoms. The zero-order valence-corrected chi connectivity index (χ0v) is 11.2. The van der Waals surface area contributed by atoms with E-state index in [1.807, 2.05) is 0 Å². The minimum Gasteiger partial charge on any atom is -0.354 e. The maximum absolute atomic E-state index is 5.83. The predicted molar refractivity (Wildman–Crippen MR) is 71.6 cm³/mol. The highest BCUT2D eigenvalue weighted by Gasteiger charge is 2.03. The molecule has 1 aromatic heterocycles. The third-order valence-electron chi connectivity index (χ3n) is 2.24. The summed E-state index contributed by atoms with van der Waals surface area (Å²) in [6.07, 6.45) is 4.44. The molecule has 0 aliphatic heterocycles. The number of hydrogen-bond donors (Lipinski definition) is 2. The molecular weight excluding hydrogens is 238 g/mol. The van der Waals surface area contributed by atoms with Gasteiger partial charge >= 0.3 is 0 Å². The number of unbranched alkanes of at least 4 members (excludes halogenated alkanes) is 2. The SMILES string of the molecule is CCCCNc1nc(Cl)nc(NCCCC)n1. The first-order valence-corrected chi connectivity index (χ1v) is 6.53. The van der Waals surface area contributed by atoms with Gasteiger partial charge in [-0.2, -0.15) is 15.0 Å². The van der Waals surface area contributed by atoms with Crippen molar-refractivity contribution in [3.8, 4) is 0 Å². The van der Waals surface area contributed by atoms with Gasteiger partial charge in [-0.25, -0.2) is 0 Å². The average Bonchev–Trinajstić information content (AvgIpc) is 2.29. The van der Waals surface area contributed by atoms with Gasteiger partial charge in [-0.05, 0) is 24.4 Å². The number of nitrogens with one attached hydrogen (secondary N) is 2. The minimum atomic E-state index is 0.220. The number of hydrogen-bond acceptors (Lipinski definition) is 5. The van der Waals surface area contributed by atoms with Gasteiger partial charge < -0.3 is 10.6 Å². The Hall–Kier alpha value is -1.10. The molecule has 96 valence electrons. The van der Waals surface area contributed by atoms with E-state index in [1.54, 1.807) is 0 Å². The van der Waals surface area contributed by atoms with Gasteiger partial charge in [0.2, 0.25) is 17.2 Å². The van der Waals surface area contributed by atoms with Crippen molar-refractivity contribution >= 4 is 23.5 Å². The van der Waals surface area contributed by atoms with E-state index in [4.69, 9.17) is 11.6 Å². The monoisotopic (exact) mass is 257 g/mol. The average molecular weight is 258 g/mol. The zero-order valence-electron chi connectivity index (χ0n) is 10.5. The summed E-state index contributed by atoms with van der Waals surface area (Å²) in [4.78, 5) is 12.3. The van der Waals surface area contributed by atoms with Crippen LogP contribution in [-0.2, 0) is 0 Å². The second kappa shape index (κ2) is 8.06. The van der Waals surface area contributed by atoms with Crippen molar-refractivity contribution in [3.63, 3.8) is 0 Å². The summed E-state index contributed by atoms with van der Waals surface area (Å²) in [5, 5.41) is 6.48. The summed E-state index contributed by atoms with van der Waals surface area (Å²) < 4.78 is 0. The van der Waals surface area contributed by atoms with Crippen LogP contribution in [0.1, 0.15) is 39.5 Å². The van der Waals surface area contributed by atoms with Gasteiger partial charge in [0.15, 0.2) is 0 Å². The molecule has 0 amide bonds. The van der Waals surface area contributed by atoms with Crippen molar-refractivity contribution in [3.05, 3.63) is 5.28 Å². The highest BCUT2D eigenvalue weighted by atomic mass is 35.5. The first-order chi connectivity index (χ1) is 8.26. The van der Waals surface area contributed by atoms with Crippen LogP contribution in [0, 0.1) is 0 Å². The number of halogens is 1. The van der Waals surface area contributed by atoms with Gasteiger partial charge in [-0.1, -0.05) is 26.7 Å². The lowest BCUT2D eigenvalue weighted by Gasteiger charge is -2.07. The first kappa shape index (κ1) is 14.0. The van der Waals surface area contributed by atoms with E-state index < -0.39 is 0 Å². The molecule has 0 aliphatic carbocycles. The van der Waals surface area contributed by atoms with Crippen LogP contribution in [0.15, 0.2) is 0 Å². The molecule has 0 fully saturated rings. The summed E-state index contributed by atoms with van der Waals surface area (Å²) in [5.41, 5.74) is 0. The van der Waals surface area contributed by atoms with E-state index in [-0.39, 0.29) is 5.28 Å². The van der Waals surface area contributed by atoms with Crippen molar-refractivity contribution in [2.75, 3.05) is 23.7 Å².